The number of allylic oxidation sites excluding steroid dienone is 2. The van der Waals surface area contributed by atoms with Gasteiger partial charge in [-0.2, -0.15) is 0 Å². The summed E-state index contributed by atoms with van der Waals surface area (Å²) in [5.74, 6) is 0.627. The van der Waals surface area contributed by atoms with Gasteiger partial charge in [-0.15, -0.1) is 0 Å². The van der Waals surface area contributed by atoms with Crippen molar-refractivity contribution in [2.75, 3.05) is 0 Å². The second-order valence-electron chi connectivity index (χ2n) is 7.61. The largest absolute Gasteiger partial charge is 0.0847 e. The van der Waals surface area contributed by atoms with E-state index in [4.69, 9.17) is 0 Å². The van der Waals surface area contributed by atoms with Gasteiger partial charge in [0.05, 0.1) is 0 Å². The van der Waals surface area contributed by atoms with Gasteiger partial charge in [-0.05, 0) is 55.6 Å². The molecule has 1 aliphatic rings. The average molecular weight is 319 g/mol. The predicted octanol–water partition coefficient (Wildman–Crippen LogP) is 6.61. The van der Waals surface area contributed by atoms with Crippen LogP contribution in [-0.2, 0) is 12.8 Å². The van der Waals surface area contributed by atoms with E-state index in [1.54, 1.807) is 5.57 Å². The number of benzene rings is 2. The molecule has 2 aromatic rings. The molecule has 0 fully saturated rings. The average Bonchev–Trinajstić information content (AvgIpc) is 2.63. The van der Waals surface area contributed by atoms with Gasteiger partial charge in [0.1, 0.15) is 0 Å². The van der Waals surface area contributed by atoms with Gasteiger partial charge in [-0.3, -0.25) is 0 Å². The third-order valence-corrected chi connectivity index (χ3v) is 5.76. The molecule has 3 rings (SSSR count). The number of hydrogen-bond donors (Lipinski definition) is 0. The maximum absolute atomic E-state index is 2.56. The van der Waals surface area contributed by atoms with E-state index in [1.165, 1.54) is 36.8 Å². The summed E-state index contributed by atoms with van der Waals surface area (Å²) in [6.45, 7) is 4.84. The maximum Gasteiger partial charge on any atom is 0.00155 e. The Morgan fingerprint density at radius 1 is 0.792 bits per heavy atom. The van der Waals surface area contributed by atoms with Crippen LogP contribution in [0.25, 0.3) is 0 Å². The fraction of sp³-hybridized carbons (Fsp3) is 0.417. The minimum atomic E-state index is 0.239. The van der Waals surface area contributed by atoms with Crippen LogP contribution in [0.1, 0.15) is 50.7 Å². The summed E-state index contributed by atoms with van der Waals surface area (Å²) in [6.07, 6.45) is 10.1. The molecule has 0 bridgehead atoms. The van der Waals surface area contributed by atoms with Crippen molar-refractivity contribution in [3.8, 4) is 0 Å². The Morgan fingerprint density at radius 3 is 1.75 bits per heavy atom. The zero-order valence-electron chi connectivity index (χ0n) is 15.2. The predicted molar refractivity (Wildman–Crippen MR) is 104 cm³/mol. The van der Waals surface area contributed by atoms with Crippen LogP contribution in [0.15, 0.2) is 72.3 Å². The zero-order chi connectivity index (χ0) is 16.8. The SMILES string of the molecule is CC(C)C(Cc1ccccc1)(Cc1ccccc1)C1=CCCCC1. The van der Waals surface area contributed by atoms with Crippen LogP contribution in [0, 0.1) is 11.3 Å². The highest BCUT2D eigenvalue weighted by molar-refractivity contribution is 5.29. The van der Waals surface area contributed by atoms with Crippen LogP contribution >= 0.6 is 0 Å². The highest BCUT2D eigenvalue weighted by Crippen LogP contribution is 2.45. The second-order valence-corrected chi connectivity index (χ2v) is 7.61. The number of rotatable bonds is 6. The lowest BCUT2D eigenvalue weighted by Gasteiger charge is -2.42. The van der Waals surface area contributed by atoms with Crippen molar-refractivity contribution in [3.05, 3.63) is 83.4 Å². The Kier molecular flexibility index (Phi) is 5.56. The van der Waals surface area contributed by atoms with Crippen molar-refractivity contribution >= 4 is 0 Å². The molecule has 0 unspecified atom stereocenters. The molecule has 0 radical (unpaired) electrons. The van der Waals surface area contributed by atoms with Gasteiger partial charge in [0.25, 0.3) is 0 Å². The molecule has 0 aliphatic heterocycles. The van der Waals surface area contributed by atoms with Gasteiger partial charge in [0.15, 0.2) is 0 Å². The van der Waals surface area contributed by atoms with E-state index in [0.717, 1.165) is 12.8 Å². The molecule has 24 heavy (non-hydrogen) atoms. The van der Waals surface area contributed by atoms with Gasteiger partial charge >= 0.3 is 0 Å². The molecular formula is C24H30. The van der Waals surface area contributed by atoms with Crippen LogP contribution in [0.5, 0.6) is 0 Å². The molecule has 0 heteroatoms. The van der Waals surface area contributed by atoms with Crippen molar-refractivity contribution < 1.29 is 0 Å². The third-order valence-electron chi connectivity index (χ3n) is 5.76. The van der Waals surface area contributed by atoms with Gasteiger partial charge in [0.2, 0.25) is 0 Å². The molecule has 2 aromatic carbocycles. The molecule has 126 valence electrons. The van der Waals surface area contributed by atoms with Gasteiger partial charge in [-0.1, -0.05) is 86.2 Å². The first-order valence-electron chi connectivity index (χ1n) is 9.48. The zero-order valence-corrected chi connectivity index (χ0v) is 15.2. The summed E-state index contributed by atoms with van der Waals surface area (Å²) in [4.78, 5) is 0. The smallest absolute Gasteiger partial charge is 0.00155 e. The van der Waals surface area contributed by atoms with Crippen molar-refractivity contribution in [1.29, 1.82) is 0 Å². The van der Waals surface area contributed by atoms with Crippen LogP contribution in [0.2, 0.25) is 0 Å². The van der Waals surface area contributed by atoms with Crippen molar-refractivity contribution in [2.24, 2.45) is 11.3 Å². The van der Waals surface area contributed by atoms with Crippen LogP contribution in [0.3, 0.4) is 0 Å². The lowest BCUT2D eigenvalue weighted by atomic mass is 9.62. The first-order valence-corrected chi connectivity index (χ1v) is 9.48. The van der Waals surface area contributed by atoms with E-state index < -0.39 is 0 Å². The quantitative estimate of drug-likeness (QED) is 0.525. The highest BCUT2D eigenvalue weighted by atomic mass is 14.4. The van der Waals surface area contributed by atoms with Crippen LogP contribution in [0.4, 0.5) is 0 Å². The fourth-order valence-corrected chi connectivity index (χ4v) is 4.28. The Morgan fingerprint density at radius 2 is 1.33 bits per heavy atom. The normalized spacial score (nSPS) is 15.4. The second kappa shape index (κ2) is 7.83. The Balaban J connectivity index is 2.01. The molecule has 0 spiro atoms. The van der Waals surface area contributed by atoms with Crippen molar-refractivity contribution in [2.45, 2.75) is 52.4 Å². The summed E-state index contributed by atoms with van der Waals surface area (Å²) in [5, 5.41) is 0. The Labute approximate surface area is 147 Å². The van der Waals surface area contributed by atoms with Crippen LogP contribution in [-0.4, -0.2) is 0 Å². The fourth-order valence-electron chi connectivity index (χ4n) is 4.28. The molecule has 0 saturated heterocycles. The monoisotopic (exact) mass is 318 g/mol. The minimum Gasteiger partial charge on any atom is -0.0847 e. The first kappa shape index (κ1) is 17.0. The first-order chi connectivity index (χ1) is 11.7. The molecule has 0 atom stereocenters. The summed E-state index contributed by atoms with van der Waals surface area (Å²) in [5.41, 5.74) is 4.88. The van der Waals surface area contributed by atoms with E-state index in [-0.39, 0.29) is 5.41 Å². The lowest BCUT2D eigenvalue weighted by Crippen LogP contribution is -2.35. The van der Waals surface area contributed by atoms with Gasteiger partial charge in [-0.25, -0.2) is 0 Å². The van der Waals surface area contributed by atoms with E-state index in [1.807, 2.05) is 0 Å². The molecule has 1 aliphatic carbocycles. The van der Waals surface area contributed by atoms with E-state index >= 15 is 0 Å². The van der Waals surface area contributed by atoms with Gasteiger partial charge in [0, 0.05) is 5.41 Å². The highest BCUT2D eigenvalue weighted by Gasteiger charge is 2.37. The molecule has 0 N–H and O–H groups in total. The van der Waals surface area contributed by atoms with E-state index in [2.05, 4.69) is 80.6 Å². The Hall–Kier alpha value is -1.82. The summed E-state index contributed by atoms with van der Waals surface area (Å²) < 4.78 is 0. The molecule has 0 heterocycles. The molecule has 0 amide bonds. The topological polar surface area (TPSA) is 0 Å². The maximum atomic E-state index is 2.56. The summed E-state index contributed by atoms with van der Waals surface area (Å²) in [6, 6.07) is 22.1. The lowest BCUT2D eigenvalue weighted by molar-refractivity contribution is 0.228. The van der Waals surface area contributed by atoms with Crippen molar-refractivity contribution in [3.63, 3.8) is 0 Å². The van der Waals surface area contributed by atoms with E-state index in [9.17, 15) is 0 Å². The molecule has 0 saturated carbocycles. The van der Waals surface area contributed by atoms with Crippen LogP contribution < -0.4 is 0 Å². The summed E-state index contributed by atoms with van der Waals surface area (Å²) in [7, 11) is 0. The van der Waals surface area contributed by atoms with E-state index in [0.29, 0.717) is 5.92 Å². The van der Waals surface area contributed by atoms with Gasteiger partial charge < -0.3 is 0 Å². The molecular weight excluding hydrogens is 288 g/mol. The standard InChI is InChI=1S/C24H30/c1-20(2)24(23-16-10-5-11-17-23,18-21-12-6-3-7-13-21)19-22-14-8-4-9-15-22/h3-4,6-9,12-16,20H,5,10-11,17-19H2,1-2H3. The summed E-state index contributed by atoms with van der Waals surface area (Å²) >= 11 is 0. The Bertz CT molecular complexity index is 607. The van der Waals surface area contributed by atoms with Crippen molar-refractivity contribution in [1.82, 2.24) is 0 Å². The number of hydrogen-bond acceptors (Lipinski definition) is 0. The minimum absolute atomic E-state index is 0.239. The third kappa shape index (κ3) is 3.80. The molecule has 0 aromatic heterocycles. The molecule has 0 nitrogen and oxygen atoms in total.